The molecule has 0 aliphatic heterocycles. The lowest BCUT2D eigenvalue weighted by Gasteiger charge is -2.19. The molecule has 0 amide bonds. The van der Waals surface area contributed by atoms with E-state index >= 15 is 0 Å². The van der Waals surface area contributed by atoms with Crippen LogP contribution >= 0.6 is 22.9 Å². The maximum atomic E-state index is 6.09. The summed E-state index contributed by atoms with van der Waals surface area (Å²) in [4.78, 5) is 1.51. The normalized spacial score (nSPS) is 24.9. The molecule has 1 saturated carbocycles. The maximum absolute atomic E-state index is 6.09. The monoisotopic (exact) mass is 269 g/mol. The van der Waals surface area contributed by atoms with Gasteiger partial charge in [-0.15, -0.1) is 11.3 Å². The molecule has 3 rings (SSSR count). The predicted octanol–water partition coefficient (Wildman–Crippen LogP) is 4.56. The number of fused-ring (bicyclic) bond motifs is 1. The molecule has 94 valence electrons. The smallest absolute Gasteiger partial charge is 0.0934 e. The SMILES string of the molecule is CCCC1(CNC2CCc3sc(Cl)cc32)CC1. The molecule has 3 heteroatoms. The summed E-state index contributed by atoms with van der Waals surface area (Å²) in [6, 6.07) is 2.74. The number of thiophene rings is 1. The maximum Gasteiger partial charge on any atom is 0.0934 e. The average molecular weight is 270 g/mol. The predicted molar refractivity (Wildman–Crippen MR) is 75.0 cm³/mol. The van der Waals surface area contributed by atoms with E-state index in [1.54, 1.807) is 11.3 Å². The first-order chi connectivity index (χ1) is 8.22. The summed E-state index contributed by atoms with van der Waals surface area (Å²) in [6.45, 7) is 3.50. The summed E-state index contributed by atoms with van der Waals surface area (Å²) in [6.07, 6.45) is 8.05. The lowest BCUT2D eigenvalue weighted by atomic mass is 10.00. The van der Waals surface area contributed by atoms with E-state index in [9.17, 15) is 0 Å². The van der Waals surface area contributed by atoms with Gasteiger partial charge >= 0.3 is 0 Å². The quantitative estimate of drug-likeness (QED) is 0.826. The molecule has 1 fully saturated rings. The molecule has 1 N–H and O–H groups in total. The molecular formula is C14H20ClNS. The first kappa shape index (κ1) is 12.0. The minimum atomic E-state index is 0.572. The van der Waals surface area contributed by atoms with Gasteiger partial charge in [-0.05, 0) is 49.1 Å². The highest BCUT2D eigenvalue weighted by atomic mass is 35.5. The van der Waals surface area contributed by atoms with E-state index in [1.807, 2.05) is 0 Å². The van der Waals surface area contributed by atoms with Crippen LogP contribution < -0.4 is 5.32 Å². The van der Waals surface area contributed by atoms with Gasteiger partial charge in [-0.2, -0.15) is 0 Å². The van der Waals surface area contributed by atoms with E-state index in [4.69, 9.17) is 11.6 Å². The molecule has 1 nitrogen and oxygen atoms in total. The molecule has 0 saturated heterocycles. The zero-order chi connectivity index (χ0) is 11.9. The highest BCUT2D eigenvalue weighted by molar-refractivity contribution is 7.16. The van der Waals surface area contributed by atoms with E-state index in [0.717, 1.165) is 4.34 Å². The third kappa shape index (κ3) is 2.40. The van der Waals surface area contributed by atoms with Crippen LogP contribution in [-0.4, -0.2) is 6.54 Å². The number of rotatable bonds is 5. The molecule has 1 unspecified atom stereocenters. The Hall–Kier alpha value is -0.0500. The standard InChI is InChI=1S/C14H20ClNS/c1-2-5-14(6-7-14)9-16-11-3-4-12-10(11)8-13(15)17-12/h8,11,16H,2-7,9H2,1H3. The molecule has 0 spiro atoms. The molecular weight excluding hydrogens is 250 g/mol. The van der Waals surface area contributed by atoms with Gasteiger partial charge in [-0.3, -0.25) is 0 Å². The van der Waals surface area contributed by atoms with Gasteiger partial charge in [0.25, 0.3) is 0 Å². The Bertz CT molecular complexity index is 408. The molecule has 17 heavy (non-hydrogen) atoms. The van der Waals surface area contributed by atoms with Crippen LogP contribution in [0.3, 0.4) is 0 Å². The molecule has 1 aromatic rings. The van der Waals surface area contributed by atoms with Gasteiger partial charge in [-0.25, -0.2) is 0 Å². The largest absolute Gasteiger partial charge is 0.309 e. The van der Waals surface area contributed by atoms with Crippen molar-refractivity contribution >= 4 is 22.9 Å². The third-order valence-corrected chi connectivity index (χ3v) is 5.65. The third-order valence-electron chi connectivity index (χ3n) is 4.31. The number of hydrogen-bond donors (Lipinski definition) is 1. The first-order valence-corrected chi connectivity index (χ1v) is 7.93. The zero-order valence-electron chi connectivity index (χ0n) is 10.4. The summed E-state index contributed by atoms with van der Waals surface area (Å²) in [5.74, 6) is 0. The van der Waals surface area contributed by atoms with Crippen molar-refractivity contribution in [3.63, 3.8) is 0 Å². The highest BCUT2D eigenvalue weighted by Crippen LogP contribution is 2.50. The van der Waals surface area contributed by atoms with Crippen molar-refractivity contribution in [3.05, 3.63) is 20.8 Å². The van der Waals surface area contributed by atoms with Crippen LogP contribution in [-0.2, 0) is 6.42 Å². The van der Waals surface area contributed by atoms with Gasteiger partial charge < -0.3 is 5.32 Å². The van der Waals surface area contributed by atoms with Crippen molar-refractivity contribution < 1.29 is 0 Å². The van der Waals surface area contributed by atoms with E-state index in [1.165, 1.54) is 55.5 Å². The van der Waals surface area contributed by atoms with E-state index in [2.05, 4.69) is 18.3 Å². The molecule has 2 aliphatic rings. The number of halogens is 1. The average Bonchev–Trinajstić information content (AvgIpc) is 2.81. The van der Waals surface area contributed by atoms with Gasteiger partial charge in [0.2, 0.25) is 0 Å². The minimum Gasteiger partial charge on any atom is -0.309 e. The van der Waals surface area contributed by atoms with Crippen molar-refractivity contribution in [2.45, 2.75) is 51.5 Å². The number of hydrogen-bond acceptors (Lipinski definition) is 2. The fourth-order valence-corrected chi connectivity index (χ4v) is 4.46. The van der Waals surface area contributed by atoms with Crippen molar-refractivity contribution in [1.82, 2.24) is 5.32 Å². The summed E-state index contributed by atoms with van der Waals surface area (Å²) >= 11 is 7.85. The first-order valence-electron chi connectivity index (χ1n) is 6.74. The van der Waals surface area contributed by atoms with E-state index < -0.39 is 0 Å². The molecule has 2 aliphatic carbocycles. The number of nitrogens with one attached hydrogen (secondary N) is 1. The van der Waals surface area contributed by atoms with Crippen LogP contribution in [0, 0.1) is 5.41 Å². The Morgan fingerprint density at radius 2 is 2.35 bits per heavy atom. The summed E-state index contributed by atoms with van der Waals surface area (Å²) in [7, 11) is 0. The van der Waals surface area contributed by atoms with Crippen molar-refractivity contribution in [3.8, 4) is 0 Å². The Labute approximate surface area is 113 Å². The van der Waals surface area contributed by atoms with Crippen LogP contribution in [0.5, 0.6) is 0 Å². The fraction of sp³-hybridized carbons (Fsp3) is 0.714. The van der Waals surface area contributed by atoms with Crippen molar-refractivity contribution in [2.24, 2.45) is 5.41 Å². The minimum absolute atomic E-state index is 0.572. The fourth-order valence-electron chi connectivity index (χ4n) is 3.10. The molecule has 1 aromatic heterocycles. The van der Waals surface area contributed by atoms with Crippen LogP contribution in [0.25, 0.3) is 0 Å². The second-order valence-corrected chi connectivity index (χ2v) is 7.42. The summed E-state index contributed by atoms with van der Waals surface area (Å²) in [5, 5.41) is 3.79. The van der Waals surface area contributed by atoms with Crippen molar-refractivity contribution in [1.29, 1.82) is 0 Å². The lowest BCUT2D eigenvalue weighted by Crippen LogP contribution is -2.27. The van der Waals surface area contributed by atoms with E-state index in [0.29, 0.717) is 11.5 Å². The zero-order valence-corrected chi connectivity index (χ0v) is 12.0. The molecule has 0 bridgehead atoms. The van der Waals surface area contributed by atoms with Crippen LogP contribution in [0.15, 0.2) is 6.07 Å². The van der Waals surface area contributed by atoms with Crippen LogP contribution in [0.1, 0.15) is 55.5 Å². The summed E-state index contributed by atoms with van der Waals surface area (Å²) in [5.41, 5.74) is 2.13. The van der Waals surface area contributed by atoms with Gasteiger partial charge in [0.1, 0.15) is 0 Å². The Morgan fingerprint density at radius 3 is 3.06 bits per heavy atom. The van der Waals surface area contributed by atoms with Gasteiger partial charge in [-0.1, -0.05) is 24.9 Å². The van der Waals surface area contributed by atoms with Gasteiger partial charge in [0, 0.05) is 17.5 Å². The van der Waals surface area contributed by atoms with E-state index in [-0.39, 0.29) is 0 Å². The number of aryl methyl sites for hydroxylation is 1. The van der Waals surface area contributed by atoms with Crippen LogP contribution in [0.2, 0.25) is 4.34 Å². The van der Waals surface area contributed by atoms with Gasteiger partial charge in [0.05, 0.1) is 4.34 Å². The second kappa shape index (κ2) is 4.56. The molecule has 0 radical (unpaired) electrons. The van der Waals surface area contributed by atoms with Gasteiger partial charge in [0.15, 0.2) is 0 Å². The molecule has 1 atom stereocenters. The lowest BCUT2D eigenvalue weighted by molar-refractivity contribution is 0.387. The van der Waals surface area contributed by atoms with Crippen LogP contribution in [0.4, 0.5) is 0 Å². The Kier molecular flexibility index (Phi) is 3.22. The Morgan fingerprint density at radius 1 is 1.53 bits per heavy atom. The summed E-state index contributed by atoms with van der Waals surface area (Å²) < 4.78 is 0.955. The molecule has 0 aromatic carbocycles. The topological polar surface area (TPSA) is 12.0 Å². The molecule has 1 heterocycles. The Balaban J connectivity index is 1.60. The second-order valence-electron chi connectivity index (χ2n) is 5.65. The highest BCUT2D eigenvalue weighted by Gasteiger charge is 2.41. The van der Waals surface area contributed by atoms with Crippen molar-refractivity contribution in [2.75, 3.05) is 6.54 Å².